The molecule has 1 aromatic carbocycles. The smallest absolute Gasteiger partial charge is 0.123 e. The van der Waals surface area contributed by atoms with E-state index in [-0.39, 0.29) is 11.9 Å². The molecule has 1 nitrogen and oxygen atoms in total. The van der Waals surface area contributed by atoms with Gasteiger partial charge in [-0.3, -0.25) is 0 Å². The van der Waals surface area contributed by atoms with Crippen LogP contribution in [0.2, 0.25) is 0 Å². The molecule has 0 aliphatic rings. The molecule has 1 heterocycles. The Morgan fingerprint density at radius 3 is 2.72 bits per heavy atom. The first-order chi connectivity index (χ1) is 8.61. The molecule has 1 N–H and O–H groups in total. The van der Waals surface area contributed by atoms with Crippen LogP contribution in [-0.2, 0) is 0 Å². The lowest BCUT2D eigenvalue weighted by Gasteiger charge is -2.18. The molecule has 1 unspecified atom stereocenters. The summed E-state index contributed by atoms with van der Waals surface area (Å²) < 4.78 is 14.4. The summed E-state index contributed by atoms with van der Waals surface area (Å²) in [6.07, 6.45) is 0. The molecule has 0 radical (unpaired) electrons. The Morgan fingerprint density at radius 2 is 2.11 bits per heavy atom. The Bertz CT molecular complexity index is 538. The summed E-state index contributed by atoms with van der Waals surface area (Å²) in [5.74, 6) is -0.204. The maximum absolute atomic E-state index is 13.4. The monoisotopic (exact) mass is 327 g/mol. The van der Waals surface area contributed by atoms with Crippen LogP contribution in [0.3, 0.4) is 0 Å². The van der Waals surface area contributed by atoms with Crippen molar-refractivity contribution in [3.8, 4) is 0 Å². The van der Waals surface area contributed by atoms with Crippen molar-refractivity contribution < 1.29 is 4.39 Å². The molecule has 0 saturated carbocycles. The normalized spacial score (nSPS) is 12.7. The van der Waals surface area contributed by atoms with Gasteiger partial charge in [0.15, 0.2) is 0 Å². The highest BCUT2D eigenvalue weighted by Gasteiger charge is 2.18. The van der Waals surface area contributed by atoms with Gasteiger partial charge in [-0.15, -0.1) is 11.3 Å². The lowest BCUT2D eigenvalue weighted by molar-refractivity contribution is 0.605. The fraction of sp³-hybridized carbons (Fsp3) is 0.286. The molecule has 18 heavy (non-hydrogen) atoms. The topological polar surface area (TPSA) is 12.0 Å². The van der Waals surface area contributed by atoms with E-state index >= 15 is 0 Å². The zero-order chi connectivity index (χ0) is 13.1. The second-order valence-electron chi connectivity index (χ2n) is 4.10. The number of rotatable bonds is 4. The maximum Gasteiger partial charge on any atom is 0.123 e. The van der Waals surface area contributed by atoms with Crippen LogP contribution in [0, 0.1) is 12.7 Å². The van der Waals surface area contributed by atoms with Gasteiger partial charge in [0, 0.05) is 14.2 Å². The third-order valence-corrected chi connectivity index (χ3v) is 4.51. The summed E-state index contributed by atoms with van der Waals surface area (Å²) in [6.45, 7) is 4.98. The Hall–Kier alpha value is -0.710. The number of aryl methyl sites for hydroxylation is 1. The zero-order valence-electron chi connectivity index (χ0n) is 10.3. The molecule has 4 heteroatoms. The van der Waals surface area contributed by atoms with Crippen molar-refractivity contribution in [2.24, 2.45) is 0 Å². The van der Waals surface area contributed by atoms with E-state index in [0.29, 0.717) is 0 Å². The number of thiophene rings is 1. The van der Waals surface area contributed by atoms with Crippen molar-refractivity contribution in [1.82, 2.24) is 5.32 Å². The first kappa shape index (κ1) is 13.7. The summed E-state index contributed by atoms with van der Waals surface area (Å²) >= 11 is 5.24. The molecule has 2 aromatic rings. The third-order valence-electron chi connectivity index (χ3n) is 2.72. The first-order valence-electron chi connectivity index (χ1n) is 5.86. The Kier molecular flexibility index (Phi) is 4.54. The fourth-order valence-corrected chi connectivity index (χ4v) is 3.36. The Labute approximate surface area is 119 Å². The van der Waals surface area contributed by atoms with Gasteiger partial charge in [-0.1, -0.05) is 22.9 Å². The molecule has 0 saturated heterocycles. The summed E-state index contributed by atoms with van der Waals surface area (Å²) in [5, 5.41) is 3.41. The van der Waals surface area contributed by atoms with Crippen LogP contribution in [0.4, 0.5) is 4.39 Å². The van der Waals surface area contributed by atoms with Gasteiger partial charge in [0.05, 0.1) is 6.04 Å². The lowest BCUT2D eigenvalue weighted by Crippen LogP contribution is -2.21. The number of hydrogen-bond donors (Lipinski definition) is 1. The molecule has 0 spiro atoms. The van der Waals surface area contributed by atoms with Crippen molar-refractivity contribution in [1.29, 1.82) is 0 Å². The molecule has 0 aliphatic carbocycles. The minimum absolute atomic E-state index is 0.0405. The van der Waals surface area contributed by atoms with Crippen molar-refractivity contribution in [3.63, 3.8) is 0 Å². The van der Waals surface area contributed by atoms with E-state index in [0.717, 1.165) is 16.6 Å². The highest BCUT2D eigenvalue weighted by atomic mass is 79.9. The predicted molar refractivity (Wildman–Crippen MR) is 78.7 cm³/mol. The van der Waals surface area contributed by atoms with Crippen molar-refractivity contribution in [2.45, 2.75) is 19.9 Å². The first-order valence-corrected chi connectivity index (χ1v) is 7.47. The summed E-state index contributed by atoms with van der Waals surface area (Å²) in [6, 6.07) is 9.05. The third kappa shape index (κ3) is 2.99. The molecule has 0 aliphatic heterocycles. The van der Waals surface area contributed by atoms with E-state index in [1.165, 1.54) is 15.8 Å². The minimum Gasteiger partial charge on any atom is -0.306 e. The van der Waals surface area contributed by atoms with Gasteiger partial charge in [-0.05, 0) is 49.4 Å². The minimum atomic E-state index is -0.204. The van der Waals surface area contributed by atoms with Crippen molar-refractivity contribution in [2.75, 3.05) is 6.54 Å². The van der Waals surface area contributed by atoms with Crippen LogP contribution in [0.25, 0.3) is 0 Å². The van der Waals surface area contributed by atoms with E-state index in [1.54, 1.807) is 23.5 Å². The molecule has 1 atom stereocenters. The maximum atomic E-state index is 13.4. The SMILES string of the molecule is CCNC(c1ccc(C)s1)c1cc(F)ccc1Br. The Balaban J connectivity index is 2.44. The second kappa shape index (κ2) is 5.95. The van der Waals surface area contributed by atoms with Gasteiger partial charge in [0.1, 0.15) is 5.82 Å². The molecule has 0 fully saturated rings. The Morgan fingerprint density at radius 1 is 1.33 bits per heavy atom. The highest BCUT2D eigenvalue weighted by molar-refractivity contribution is 9.10. The fourth-order valence-electron chi connectivity index (χ4n) is 1.91. The van der Waals surface area contributed by atoms with Crippen LogP contribution >= 0.6 is 27.3 Å². The molecule has 96 valence electrons. The molecule has 2 rings (SSSR count). The zero-order valence-corrected chi connectivity index (χ0v) is 12.7. The van der Waals surface area contributed by atoms with Crippen molar-refractivity contribution in [3.05, 3.63) is 55.9 Å². The highest BCUT2D eigenvalue weighted by Crippen LogP contribution is 2.32. The molecular formula is C14H15BrFNS. The van der Waals surface area contributed by atoms with Gasteiger partial charge in [-0.25, -0.2) is 4.39 Å². The van der Waals surface area contributed by atoms with E-state index in [1.807, 2.05) is 0 Å². The second-order valence-corrected chi connectivity index (χ2v) is 6.28. The van der Waals surface area contributed by atoms with Crippen molar-refractivity contribution >= 4 is 27.3 Å². The summed E-state index contributed by atoms with van der Waals surface area (Å²) in [5.41, 5.74) is 0.943. The number of benzene rings is 1. The van der Waals surface area contributed by atoms with Crippen LogP contribution in [-0.4, -0.2) is 6.54 Å². The van der Waals surface area contributed by atoms with Crippen LogP contribution in [0.15, 0.2) is 34.8 Å². The molecular weight excluding hydrogens is 313 g/mol. The van der Waals surface area contributed by atoms with Gasteiger partial charge < -0.3 is 5.32 Å². The van der Waals surface area contributed by atoms with Gasteiger partial charge >= 0.3 is 0 Å². The van der Waals surface area contributed by atoms with Crippen LogP contribution < -0.4 is 5.32 Å². The number of halogens is 2. The number of nitrogens with one attached hydrogen (secondary N) is 1. The molecule has 0 amide bonds. The van der Waals surface area contributed by atoms with E-state index < -0.39 is 0 Å². The molecule has 0 bridgehead atoms. The van der Waals surface area contributed by atoms with Crippen LogP contribution in [0.5, 0.6) is 0 Å². The van der Waals surface area contributed by atoms with E-state index in [9.17, 15) is 4.39 Å². The predicted octanol–water partition coefficient (Wildman–Crippen LogP) is 4.66. The number of hydrogen-bond acceptors (Lipinski definition) is 2. The quantitative estimate of drug-likeness (QED) is 0.861. The largest absolute Gasteiger partial charge is 0.306 e. The van der Waals surface area contributed by atoms with Gasteiger partial charge in [0.25, 0.3) is 0 Å². The summed E-state index contributed by atoms with van der Waals surface area (Å²) in [7, 11) is 0. The lowest BCUT2D eigenvalue weighted by atomic mass is 10.1. The van der Waals surface area contributed by atoms with Crippen LogP contribution in [0.1, 0.15) is 28.3 Å². The standard InChI is InChI=1S/C14H15BrFNS/c1-3-17-14(13-7-4-9(2)18-13)11-8-10(16)5-6-12(11)15/h4-8,14,17H,3H2,1-2H3. The van der Waals surface area contributed by atoms with E-state index in [2.05, 4.69) is 47.2 Å². The van der Waals surface area contributed by atoms with Gasteiger partial charge in [-0.2, -0.15) is 0 Å². The molecule has 1 aromatic heterocycles. The average molecular weight is 328 g/mol. The average Bonchev–Trinajstić information content (AvgIpc) is 2.76. The van der Waals surface area contributed by atoms with Gasteiger partial charge in [0.2, 0.25) is 0 Å². The van der Waals surface area contributed by atoms with E-state index in [4.69, 9.17) is 0 Å². The summed E-state index contributed by atoms with van der Waals surface area (Å²) in [4.78, 5) is 2.47.